The van der Waals surface area contributed by atoms with Crippen LogP contribution < -0.4 is 10.2 Å². The van der Waals surface area contributed by atoms with Gasteiger partial charge in [0.25, 0.3) is 5.91 Å². The van der Waals surface area contributed by atoms with Gasteiger partial charge >= 0.3 is 0 Å². The number of halogens is 2. The van der Waals surface area contributed by atoms with Crippen molar-refractivity contribution in [3.8, 4) is 34.8 Å². The Hall–Kier alpha value is -3.88. The van der Waals surface area contributed by atoms with Crippen molar-refractivity contribution in [2.75, 3.05) is 31.7 Å². The Morgan fingerprint density at radius 1 is 1.02 bits per heavy atom. The Morgan fingerprint density at radius 3 is 2.40 bits per heavy atom. The van der Waals surface area contributed by atoms with Gasteiger partial charge in [-0.05, 0) is 54.6 Å². The molecule has 1 aliphatic heterocycles. The second kappa shape index (κ2) is 11.7. The average Bonchev–Trinajstić information content (AvgIpc) is 3.33. The van der Waals surface area contributed by atoms with Crippen LogP contribution in [0.25, 0.3) is 17.1 Å². The van der Waals surface area contributed by atoms with Gasteiger partial charge in [0.2, 0.25) is 5.88 Å². The lowest BCUT2D eigenvalue weighted by molar-refractivity contribution is 0.0793. The summed E-state index contributed by atoms with van der Waals surface area (Å²) in [5.74, 6) is 6.10. The number of pyridine rings is 1. The molecule has 0 atom stereocenters. The number of carbonyl (C=O) groups excluding carboxylic acids is 1. The van der Waals surface area contributed by atoms with Crippen LogP contribution in [0, 0.1) is 11.8 Å². The number of nitrogens with one attached hydrogen (secondary N) is 1. The van der Waals surface area contributed by atoms with Crippen molar-refractivity contribution in [1.29, 1.82) is 0 Å². The number of methoxy groups -OCH3 is 1. The number of hydrogen-bond acceptors (Lipinski definition) is 7. The van der Waals surface area contributed by atoms with Crippen LogP contribution in [0.4, 0.5) is 0 Å². The van der Waals surface area contributed by atoms with Crippen molar-refractivity contribution in [2.45, 2.75) is 0 Å². The molecule has 1 N–H and O–H groups in total. The van der Waals surface area contributed by atoms with Gasteiger partial charge in [-0.3, -0.25) is 19.8 Å². The molecule has 3 heterocycles. The van der Waals surface area contributed by atoms with E-state index in [0.717, 1.165) is 11.1 Å². The third kappa shape index (κ3) is 6.13. The maximum absolute atomic E-state index is 13.4. The van der Waals surface area contributed by atoms with Crippen molar-refractivity contribution in [1.82, 2.24) is 25.0 Å². The second-order valence-electron chi connectivity index (χ2n) is 8.87. The molecule has 0 radical (unpaired) electrons. The molecule has 2 aromatic carbocycles. The predicted molar refractivity (Wildman–Crippen MR) is 153 cm³/mol. The minimum absolute atomic E-state index is 0.0115. The zero-order valence-electron chi connectivity index (χ0n) is 21.3. The minimum Gasteiger partial charge on any atom is -0.480 e. The third-order valence-electron chi connectivity index (χ3n) is 6.16. The number of rotatable bonds is 5. The highest BCUT2D eigenvalue weighted by atomic mass is 35.5. The molecule has 4 aromatic rings. The molecule has 40 heavy (non-hydrogen) atoms. The van der Waals surface area contributed by atoms with E-state index in [2.05, 4.69) is 27.2 Å². The topological polar surface area (TPSA) is 106 Å². The smallest absolute Gasteiger partial charge is 0.289 e. The zero-order chi connectivity index (χ0) is 28.3. The Bertz CT molecular complexity index is 1720. The summed E-state index contributed by atoms with van der Waals surface area (Å²) in [6.45, 7) is 0.350. The lowest BCUT2D eigenvalue weighted by Crippen LogP contribution is -2.50. The fraction of sp³-hybridized carbons (Fsp3) is 0.179. The lowest BCUT2D eigenvalue weighted by Gasteiger charge is -2.26. The number of nitrogens with zero attached hydrogens (tertiary/aromatic N) is 4. The van der Waals surface area contributed by atoms with E-state index in [4.69, 9.17) is 27.9 Å². The molecule has 1 fully saturated rings. The van der Waals surface area contributed by atoms with Crippen molar-refractivity contribution in [3.05, 3.63) is 93.9 Å². The maximum atomic E-state index is 13.4. The summed E-state index contributed by atoms with van der Waals surface area (Å²) in [5.41, 5.74) is 5.52. The first kappa shape index (κ1) is 27.7. The number of hydrogen-bond donors (Lipinski definition) is 1. The normalized spacial score (nSPS) is 14.7. The number of hydrazine groups is 1. The van der Waals surface area contributed by atoms with Crippen LogP contribution in [-0.4, -0.2) is 65.6 Å². The molecule has 0 bridgehead atoms. The number of carbonyl (C=O) groups is 1. The van der Waals surface area contributed by atoms with Crippen LogP contribution in [0.2, 0.25) is 10.0 Å². The predicted octanol–water partition coefficient (Wildman–Crippen LogP) is 4.02. The lowest BCUT2D eigenvalue weighted by atomic mass is 10.1. The molecule has 12 heteroatoms. The Labute approximate surface area is 241 Å². The van der Waals surface area contributed by atoms with E-state index < -0.39 is 15.7 Å². The number of ether oxygens (including phenoxy) is 1. The molecule has 9 nitrogen and oxygen atoms in total. The average molecular weight is 596 g/mol. The highest BCUT2D eigenvalue weighted by molar-refractivity contribution is 7.91. The highest BCUT2D eigenvalue weighted by Crippen LogP contribution is 2.36. The summed E-state index contributed by atoms with van der Waals surface area (Å²) in [4.78, 5) is 22.1. The highest BCUT2D eigenvalue weighted by Gasteiger charge is 2.29. The van der Waals surface area contributed by atoms with Crippen LogP contribution >= 0.6 is 23.2 Å². The van der Waals surface area contributed by atoms with Crippen molar-refractivity contribution < 1.29 is 17.9 Å². The van der Waals surface area contributed by atoms with Gasteiger partial charge in [0.15, 0.2) is 15.5 Å². The maximum Gasteiger partial charge on any atom is 0.289 e. The van der Waals surface area contributed by atoms with E-state index in [1.54, 1.807) is 40.2 Å². The minimum atomic E-state index is -3.11. The molecule has 0 unspecified atom stereocenters. The van der Waals surface area contributed by atoms with Crippen LogP contribution in [0.5, 0.6) is 5.88 Å². The van der Waals surface area contributed by atoms with Gasteiger partial charge in [0, 0.05) is 47.2 Å². The van der Waals surface area contributed by atoms with E-state index >= 15 is 0 Å². The van der Waals surface area contributed by atoms with Gasteiger partial charge in [-0.2, -0.15) is 0 Å². The summed E-state index contributed by atoms with van der Waals surface area (Å²) in [7, 11) is -1.67. The van der Waals surface area contributed by atoms with Crippen molar-refractivity contribution >= 4 is 38.9 Å². The van der Waals surface area contributed by atoms with Gasteiger partial charge in [-0.15, -0.1) is 0 Å². The summed E-state index contributed by atoms with van der Waals surface area (Å²) in [5, 5.41) is 2.36. The van der Waals surface area contributed by atoms with Crippen LogP contribution in [0.3, 0.4) is 0 Å². The van der Waals surface area contributed by atoms with E-state index in [9.17, 15) is 13.2 Å². The van der Waals surface area contributed by atoms with Gasteiger partial charge in [0.1, 0.15) is 5.82 Å². The summed E-state index contributed by atoms with van der Waals surface area (Å²) in [6.07, 6.45) is 3.38. The molecule has 0 aliphatic carbocycles. The first-order chi connectivity index (χ1) is 19.2. The quantitative estimate of drug-likeness (QED) is 0.347. The Kier molecular flexibility index (Phi) is 8.09. The Balaban J connectivity index is 1.54. The Morgan fingerprint density at radius 2 is 1.75 bits per heavy atom. The molecule has 1 aliphatic rings. The summed E-state index contributed by atoms with van der Waals surface area (Å²) >= 11 is 12.7. The fourth-order valence-electron chi connectivity index (χ4n) is 4.13. The van der Waals surface area contributed by atoms with Crippen molar-refractivity contribution in [2.24, 2.45) is 0 Å². The standard InChI is InChI=1S/C28H23Cl2N5O4S/c1-39-28-25(27(36)33-34-13-15-40(37,38)16-14-34)32-26(23-11-8-21(29)17-24(23)30)35(28)22-9-6-19(7-10-22)4-5-20-3-2-12-31-18-20/h2-3,6-12,17-18H,13-16H2,1H3,(H,33,36). The van der Waals surface area contributed by atoms with Gasteiger partial charge in [0.05, 0.1) is 29.3 Å². The number of amides is 1. The van der Waals surface area contributed by atoms with Crippen LogP contribution in [0.1, 0.15) is 21.6 Å². The van der Waals surface area contributed by atoms with E-state index in [1.807, 2.05) is 36.4 Å². The molecule has 5 rings (SSSR count). The summed E-state index contributed by atoms with van der Waals surface area (Å²) in [6, 6.07) is 16.1. The van der Waals surface area contributed by atoms with Crippen LogP contribution in [0.15, 0.2) is 67.0 Å². The number of aromatic nitrogens is 3. The first-order valence-corrected chi connectivity index (χ1v) is 14.7. The second-order valence-corrected chi connectivity index (χ2v) is 12.0. The molecule has 0 spiro atoms. The fourth-order valence-corrected chi connectivity index (χ4v) is 5.82. The number of imidazole rings is 1. The largest absolute Gasteiger partial charge is 0.480 e. The number of benzene rings is 2. The first-order valence-electron chi connectivity index (χ1n) is 12.1. The molecule has 0 saturated carbocycles. The van der Waals surface area contributed by atoms with Gasteiger partial charge in [-0.1, -0.05) is 35.0 Å². The number of sulfone groups is 1. The van der Waals surface area contributed by atoms with E-state index in [0.29, 0.717) is 27.1 Å². The van der Waals surface area contributed by atoms with Gasteiger partial charge < -0.3 is 4.74 Å². The molecule has 204 valence electrons. The van der Waals surface area contributed by atoms with Gasteiger partial charge in [-0.25, -0.2) is 18.4 Å². The molecule has 1 amide bonds. The monoisotopic (exact) mass is 595 g/mol. The van der Waals surface area contributed by atoms with E-state index in [-0.39, 0.29) is 36.2 Å². The summed E-state index contributed by atoms with van der Waals surface area (Å²) < 4.78 is 31.0. The molecular weight excluding hydrogens is 573 g/mol. The third-order valence-corrected chi connectivity index (χ3v) is 8.31. The molecule has 1 saturated heterocycles. The van der Waals surface area contributed by atoms with E-state index in [1.165, 1.54) is 7.11 Å². The van der Waals surface area contributed by atoms with Crippen molar-refractivity contribution in [3.63, 3.8) is 0 Å². The zero-order valence-corrected chi connectivity index (χ0v) is 23.6. The molecule has 2 aromatic heterocycles. The molecular formula is C28H23Cl2N5O4S. The SMILES string of the molecule is COc1c(C(=O)NN2CCS(=O)(=O)CC2)nc(-c2ccc(Cl)cc2Cl)n1-c1ccc(C#Cc2cccnc2)cc1. The van der Waals surface area contributed by atoms with Crippen LogP contribution in [-0.2, 0) is 9.84 Å².